The number of carbonyl (C=O) groups is 3. The number of benzene rings is 2. The van der Waals surface area contributed by atoms with Crippen molar-refractivity contribution < 1.29 is 23.9 Å². The number of amides is 1. The average molecular weight is 455 g/mol. The summed E-state index contributed by atoms with van der Waals surface area (Å²) in [5.41, 5.74) is 1.59. The molecule has 0 aliphatic carbocycles. The van der Waals surface area contributed by atoms with Gasteiger partial charge in [0, 0.05) is 13.5 Å². The average Bonchev–Trinajstić information content (AvgIpc) is 3.16. The zero-order chi connectivity index (χ0) is 23.1. The highest BCUT2D eigenvalue weighted by Gasteiger charge is 2.18. The van der Waals surface area contributed by atoms with Gasteiger partial charge in [0.25, 0.3) is 0 Å². The molecule has 0 atom stereocenters. The van der Waals surface area contributed by atoms with Crippen LogP contribution >= 0.6 is 11.8 Å². The van der Waals surface area contributed by atoms with Crippen molar-refractivity contribution in [2.75, 3.05) is 25.3 Å². The van der Waals surface area contributed by atoms with Crippen LogP contribution in [0.5, 0.6) is 0 Å². The molecule has 2 aromatic carbocycles. The number of hydrogen-bond donors (Lipinski definition) is 1. The molecule has 1 N–H and O–H groups in total. The number of aromatic nitrogens is 3. The fraction of sp³-hybridized carbons (Fsp3) is 0.227. The fourth-order valence-electron chi connectivity index (χ4n) is 2.90. The maximum absolute atomic E-state index is 12.6. The molecule has 32 heavy (non-hydrogen) atoms. The first-order valence-corrected chi connectivity index (χ1v) is 10.6. The lowest BCUT2D eigenvalue weighted by molar-refractivity contribution is -0.113. The molecule has 0 unspecified atom stereocenters. The number of esters is 2. The van der Waals surface area contributed by atoms with Crippen LogP contribution in [0.2, 0.25) is 0 Å². The summed E-state index contributed by atoms with van der Waals surface area (Å²) in [5, 5.41) is 11.6. The summed E-state index contributed by atoms with van der Waals surface area (Å²) in [5.74, 6) is -0.799. The van der Waals surface area contributed by atoms with Crippen LogP contribution in [0.4, 0.5) is 5.69 Å². The topological polar surface area (TPSA) is 112 Å². The van der Waals surface area contributed by atoms with Gasteiger partial charge in [0.2, 0.25) is 5.91 Å². The minimum Gasteiger partial charge on any atom is -0.465 e. The molecule has 10 heteroatoms. The van der Waals surface area contributed by atoms with Crippen molar-refractivity contribution in [3.8, 4) is 0 Å². The van der Waals surface area contributed by atoms with Gasteiger partial charge in [0.05, 0.1) is 36.8 Å². The molecule has 1 heterocycles. The van der Waals surface area contributed by atoms with Gasteiger partial charge in [-0.1, -0.05) is 42.1 Å². The fourth-order valence-corrected chi connectivity index (χ4v) is 3.63. The quantitative estimate of drug-likeness (QED) is 0.408. The molecule has 166 valence electrons. The van der Waals surface area contributed by atoms with Gasteiger partial charge < -0.3 is 19.4 Å². The third-order valence-corrected chi connectivity index (χ3v) is 5.60. The van der Waals surface area contributed by atoms with Crippen LogP contribution in [0.25, 0.3) is 0 Å². The van der Waals surface area contributed by atoms with Crippen molar-refractivity contribution in [3.63, 3.8) is 0 Å². The maximum atomic E-state index is 12.6. The minimum absolute atomic E-state index is 0.0281. The molecule has 0 radical (unpaired) electrons. The van der Waals surface area contributed by atoms with E-state index >= 15 is 0 Å². The largest absolute Gasteiger partial charge is 0.465 e. The van der Waals surface area contributed by atoms with E-state index in [0.717, 1.165) is 11.4 Å². The molecule has 9 nitrogen and oxygen atoms in total. The van der Waals surface area contributed by atoms with E-state index < -0.39 is 11.9 Å². The number of ether oxygens (including phenoxy) is 2. The van der Waals surface area contributed by atoms with Crippen LogP contribution in [0.15, 0.2) is 53.7 Å². The number of nitrogens with zero attached hydrogens (tertiary/aromatic N) is 3. The Morgan fingerprint density at radius 2 is 1.72 bits per heavy atom. The van der Waals surface area contributed by atoms with Gasteiger partial charge in [-0.05, 0) is 23.8 Å². The van der Waals surface area contributed by atoms with Crippen LogP contribution < -0.4 is 5.32 Å². The molecule has 0 fully saturated rings. The molecule has 0 saturated carbocycles. The lowest BCUT2D eigenvalue weighted by Gasteiger charge is -2.11. The van der Waals surface area contributed by atoms with Gasteiger partial charge in [-0.2, -0.15) is 0 Å². The summed E-state index contributed by atoms with van der Waals surface area (Å²) in [6.07, 6.45) is 0.625. The zero-order valence-corrected chi connectivity index (χ0v) is 18.6. The van der Waals surface area contributed by atoms with Crippen molar-refractivity contribution in [1.29, 1.82) is 0 Å². The van der Waals surface area contributed by atoms with E-state index in [1.807, 2.05) is 41.9 Å². The first kappa shape index (κ1) is 23.0. The normalized spacial score (nSPS) is 10.5. The molecule has 1 amide bonds. The Morgan fingerprint density at radius 1 is 1.00 bits per heavy atom. The Bertz CT molecular complexity index is 1130. The summed E-state index contributed by atoms with van der Waals surface area (Å²) in [7, 11) is 4.32. The molecular formula is C22H22N4O5S. The number of methoxy groups -OCH3 is 2. The predicted octanol–water partition coefficient (Wildman–Crippen LogP) is 2.71. The minimum atomic E-state index is -0.636. The van der Waals surface area contributed by atoms with Gasteiger partial charge in [-0.15, -0.1) is 10.2 Å². The zero-order valence-electron chi connectivity index (χ0n) is 17.8. The van der Waals surface area contributed by atoms with Gasteiger partial charge in [-0.3, -0.25) is 4.79 Å². The highest BCUT2D eigenvalue weighted by atomic mass is 32.2. The third kappa shape index (κ3) is 5.52. The van der Waals surface area contributed by atoms with Gasteiger partial charge in [-0.25, -0.2) is 9.59 Å². The maximum Gasteiger partial charge on any atom is 0.339 e. The van der Waals surface area contributed by atoms with Crippen molar-refractivity contribution in [1.82, 2.24) is 14.8 Å². The standard InChI is InChI=1S/C22H22N4O5S/c1-26-18(11-14-7-5-4-6-8-14)24-25-22(26)32-13-19(27)23-17-12-15(20(28)30-2)9-10-16(17)21(29)31-3/h4-10,12H,11,13H2,1-3H3,(H,23,27). The number of thioether (sulfide) groups is 1. The monoisotopic (exact) mass is 454 g/mol. The Balaban J connectivity index is 1.68. The van der Waals surface area contributed by atoms with Crippen LogP contribution in [0, 0.1) is 0 Å². The van der Waals surface area contributed by atoms with Gasteiger partial charge in [0.1, 0.15) is 5.82 Å². The summed E-state index contributed by atoms with van der Waals surface area (Å²) >= 11 is 1.21. The lowest BCUT2D eigenvalue weighted by atomic mass is 10.1. The van der Waals surface area contributed by atoms with Crippen molar-refractivity contribution in [3.05, 3.63) is 71.0 Å². The summed E-state index contributed by atoms with van der Waals surface area (Å²) in [4.78, 5) is 36.4. The predicted molar refractivity (Wildman–Crippen MR) is 119 cm³/mol. The first-order valence-electron chi connectivity index (χ1n) is 9.58. The van der Waals surface area contributed by atoms with Gasteiger partial charge in [0.15, 0.2) is 5.16 Å². The van der Waals surface area contributed by atoms with E-state index in [1.54, 1.807) is 0 Å². The highest BCUT2D eigenvalue weighted by molar-refractivity contribution is 7.99. The van der Waals surface area contributed by atoms with Crippen molar-refractivity contribution >= 4 is 35.3 Å². The Hall–Kier alpha value is -3.66. The second-order valence-electron chi connectivity index (χ2n) is 6.70. The number of hydrogen-bond acceptors (Lipinski definition) is 8. The SMILES string of the molecule is COC(=O)c1ccc(C(=O)OC)c(NC(=O)CSc2nnc(Cc3ccccc3)n2C)c1. The van der Waals surface area contributed by atoms with E-state index in [-0.39, 0.29) is 28.5 Å². The summed E-state index contributed by atoms with van der Waals surface area (Å²) in [6, 6.07) is 14.1. The molecule has 3 aromatic rings. The Morgan fingerprint density at radius 3 is 2.41 bits per heavy atom. The number of nitrogens with one attached hydrogen (secondary N) is 1. The van der Waals surface area contributed by atoms with E-state index in [0.29, 0.717) is 11.6 Å². The first-order chi connectivity index (χ1) is 15.4. The number of carbonyl (C=O) groups excluding carboxylic acids is 3. The van der Waals surface area contributed by atoms with E-state index in [4.69, 9.17) is 9.47 Å². The van der Waals surface area contributed by atoms with Gasteiger partial charge >= 0.3 is 11.9 Å². The molecule has 0 aliphatic heterocycles. The second kappa shape index (κ2) is 10.6. The van der Waals surface area contributed by atoms with E-state index in [2.05, 4.69) is 15.5 Å². The summed E-state index contributed by atoms with van der Waals surface area (Å²) < 4.78 is 11.3. The molecule has 0 saturated heterocycles. The number of rotatable bonds is 8. The Kier molecular flexibility index (Phi) is 7.61. The molecular weight excluding hydrogens is 432 g/mol. The smallest absolute Gasteiger partial charge is 0.339 e. The van der Waals surface area contributed by atoms with Crippen LogP contribution in [-0.2, 0) is 27.7 Å². The second-order valence-corrected chi connectivity index (χ2v) is 7.64. The van der Waals surface area contributed by atoms with E-state index in [9.17, 15) is 14.4 Å². The molecule has 1 aromatic heterocycles. The third-order valence-electron chi connectivity index (χ3n) is 4.58. The summed E-state index contributed by atoms with van der Waals surface area (Å²) in [6.45, 7) is 0. The van der Waals surface area contributed by atoms with Crippen molar-refractivity contribution in [2.45, 2.75) is 11.6 Å². The van der Waals surface area contributed by atoms with Crippen LogP contribution in [0.1, 0.15) is 32.1 Å². The molecule has 0 bridgehead atoms. The Labute approximate surface area is 189 Å². The van der Waals surface area contributed by atoms with Crippen molar-refractivity contribution in [2.24, 2.45) is 7.05 Å². The van der Waals surface area contributed by atoms with Crippen LogP contribution in [0.3, 0.4) is 0 Å². The highest BCUT2D eigenvalue weighted by Crippen LogP contribution is 2.22. The molecule has 0 spiro atoms. The van der Waals surface area contributed by atoms with Crippen LogP contribution in [-0.4, -0.2) is 52.6 Å². The molecule has 0 aliphatic rings. The molecule has 3 rings (SSSR count). The lowest BCUT2D eigenvalue weighted by Crippen LogP contribution is -2.18. The van der Waals surface area contributed by atoms with E-state index in [1.165, 1.54) is 44.2 Å². The number of anilines is 1.